The molecule has 1 amide bonds. The second-order valence-electron chi connectivity index (χ2n) is 5.60. The SMILES string of the molecule is C#Cc1ccc(-c2ccccc2N(C)C(=O)c2cn[nH]c2C(F)F)cc1. The summed E-state index contributed by atoms with van der Waals surface area (Å²) in [5, 5.41) is 5.75. The molecule has 0 saturated heterocycles. The Kier molecular flexibility index (Phi) is 4.81. The molecule has 130 valence electrons. The molecule has 1 N–H and O–H groups in total. The van der Waals surface area contributed by atoms with E-state index in [1.165, 1.54) is 4.90 Å². The third kappa shape index (κ3) is 3.20. The number of hydrogen-bond donors (Lipinski definition) is 1. The molecule has 1 heterocycles. The number of H-pyrrole nitrogens is 1. The van der Waals surface area contributed by atoms with Gasteiger partial charge in [-0.25, -0.2) is 8.78 Å². The van der Waals surface area contributed by atoms with E-state index >= 15 is 0 Å². The number of carbonyl (C=O) groups excluding carboxylic acids is 1. The van der Waals surface area contributed by atoms with Gasteiger partial charge in [0.2, 0.25) is 0 Å². The lowest BCUT2D eigenvalue weighted by Crippen LogP contribution is -2.27. The van der Waals surface area contributed by atoms with Crippen LogP contribution in [0.25, 0.3) is 11.1 Å². The Balaban J connectivity index is 2.00. The molecule has 0 aliphatic carbocycles. The van der Waals surface area contributed by atoms with E-state index < -0.39 is 18.0 Å². The molecular formula is C20H15F2N3O. The average molecular weight is 351 g/mol. The first-order valence-electron chi connectivity index (χ1n) is 7.78. The highest BCUT2D eigenvalue weighted by Crippen LogP contribution is 2.32. The van der Waals surface area contributed by atoms with Gasteiger partial charge in [-0.1, -0.05) is 36.3 Å². The lowest BCUT2D eigenvalue weighted by Gasteiger charge is -2.21. The summed E-state index contributed by atoms with van der Waals surface area (Å²) in [7, 11) is 1.54. The second kappa shape index (κ2) is 7.19. The fraction of sp³-hybridized carbons (Fsp3) is 0.100. The number of hydrogen-bond acceptors (Lipinski definition) is 2. The molecule has 6 heteroatoms. The quantitative estimate of drug-likeness (QED) is 0.714. The number of amides is 1. The number of terminal acetylenes is 1. The van der Waals surface area contributed by atoms with Crippen molar-refractivity contribution in [3.63, 3.8) is 0 Å². The van der Waals surface area contributed by atoms with E-state index in [2.05, 4.69) is 16.1 Å². The highest BCUT2D eigenvalue weighted by atomic mass is 19.3. The highest BCUT2D eigenvalue weighted by molar-refractivity contribution is 6.08. The van der Waals surface area contributed by atoms with Crippen LogP contribution in [0, 0.1) is 12.3 Å². The zero-order valence-electron chi connectivity index (χ0n) is 13.9. The summed E-state index contributed by atoms with van der Waals surface area (Å²) in [4.78, 5) is 14.1. The second-order valence-corrected chi connectivity index (χ2v) is 5.60. The normalized spacial score (nSPS) is 10.6. The first-order chi connectivity index (χ1) is 12.5. The van der Waals surface area contributed by atoms with Crippen LogP contribution in [0.2, 0.25) is 0 Å². The van der Waals surface area contributed by atoms with Gasteiger partial charge in [0.15, 0.2) is 0 Å². The smallest absolute Gasteiger partial charge is 0.280 e. The average Bonchev–Trinajstić information content (AvgIpc) is 3.17. The van der Waals surface area contributed by atoms with Gasteiger partial charge < -0.3 is 4.90 Å². The molecule has 3 aromatic rings. The highest BCUT2D eigenvalue weighted by Gasteiger charge is 2.25. The molecule has 0 unspecified atom stereocenters. The lowest BCUT2D eigenvalue weighted by molar-refractivity contribution is 0.0978. The predicted octanol–water partition coefficient (Wildman–Crippen LogP) is 4.27. The van der Waals surface area contributed by atoms with Crippen molar-refractivity contribution in [2.75, 3.05) is 11.9 Å². The number of anilines is 1. The Hall–Kier alpha value is -3.46. The van der Waals surface area contributed by atoms with Crippen molar-refractivity contribution in [3.8, 4) is 23.5 Å². The summed E-state index contributed by atoms with van der Waals surface area (Å²) in [6.07, 6.45) is 3.68. The molecule has 0 radical (unpaired) electrons. The minimum atomic E-state index is -2.81. The summed E-state index contributed by atoms with van der Waals surface area (Å²) < 4.78 is 26.1. The van der Waals surface area contributed by atoms with Gasteiger partial charge >= 0.3 is 0 Å². The molecule has 26 heavy (non-hydrogen) atoms. The Morgan fingerprint density at radius 1 is 1.19 bits per heavy atom. The number of benzene rings is 2. The Labute approximate surface area is 149 Å². The summed E-state index contributed by atoms with van der Waals surface area (Å²) in [6.45, 7) is 0. The Morgan fingerprint density at radius 2 is 1.88 bits per heavy atom. The summed E-state index contributed by atoms with van der Waals surface area (Å²) in [5.74, 6) is 1.98. The number of carbonyl (C=O) groups is 1. The number of para-hydroxylation sites is 1. The molecule has 0 fully saturated rings. The molecule has 0 saturated carbocycles. The van der Waals surface area contributed by atoms with Crippen molar-refractivity contribution >= 4 is 11.6 Å². The largest absolute Gasteiger partial charge is 0.311 e. The molecule has 3 rings (SSSR count). The van der Waals surface area contributed by atoms with E-state index in [4.69, 9.17) is 6.42 Å². The van der Waals surface area contributed by atoms with E-state index in [0.717, 1.165) is 22.9 Å². The van der Waals surface area contributed by atoms with Crippen LogP contribution in [0.3, 0.4) is 0 Å². The Morgan fingerprint density at radius 3 is 2.54 bits per heavy atom. The van der Waals surface area contributed by atoms with Crippen molar-refractivity contribution in [1.82, 2.24) is 10.2 Å². The van der Waals surface area contributed by atoms with Crippen molar-refractivity contribution in [1.29, 1.82) is 0 Å². The summed E-state index contributed by atoms with van der Waals surface area (Å²) in [6, 6.07) is 14.6. The number of halogens is 2. The monoisotopic (exact) mass is 351 g/mol. The zero-order chi connectivity index (χ0) is 18.7. The minimum Gasteiger partial charge on any atom is -0.311 e. The predicted molar refractivity (Wildman–Crippen MR) is 96.1 cm³/mol. The van der Waals surface area contributed by atoms with Gasteiger partial charge in [-0.3, -0.25) is 9.89 Å². The van der Waals surface area contributed by atoms with Crippen molar-refractivity contribution in [3.05, 3.63) is 71.5 Å². The molecule has 0 aliphatic rings. The third-order valence-corrected chi connectivity index (χ3v) is 4.05. The maximum absolute atomic E-state index is 13.0. The van der Waals surface area contributed by atoms with Crippen LogP contribution in [0.1, 0.15) is 28.0 Å². The lowest BCUT2D eigenvalue weighted by atomic mass is 10.0. The van der Waals surface area contributed by atoms with Gasteiger partial charge in [-0.2, -0.15) is 5.10 Å². The van der Waals surface area contributed by atoms with E-state index in [0.29, 0.717) is 5.69 Å². The molecule has 0 aliphatic heterocycles. The van der Waals surface area contributed by atoms with Crippen molar-refractivity contribution < 1.29 is 13.6 Å². The fourth-order valence-electron chi connectivity index (χ4n) is 2.68. The van der Waals surface area contributed by atoms with Gasteiger partial charge in [0.05, 0.1) is 17.4 Å². The maximum atomic E-state index is 13.0. The van der Waals surface area contributed by atoms with E-state index in [-0.39, 0.29) is 5.56 Å². The molecule has 0 atom stereocenters. The van der Waals surface area contributed by atoms with E-state index in [9.17, 15) is 13.6 Å². The third-order valence-electron chi connectivity index (χ3n) is 4.05. The summed E-state index contributed by atoms with van der Waals surface area (Å²) >= 11 is 0. The van der Waals surface area contributed by atoms with Gasteiger partial charge in [-0.05, 0) is 23.8 Å². The van der Waals surface area contributed by atoms with Gasteiger partial charge in [-0.15, -0.1) is 6.42 Å². The topological polar surface area (TPSA) is 49.0 Å². The van der Waals surface area contributed by atoms with Crippen LogP contribution in [-0.4, -0.2) is 23.2 Å². The number of aromatic amines is 1. The van der Waals surface area contributed by atoms with Crippen LogP contribution in [0.15, 0.2) is 54.7 Å². The van der Waals surface area contributed by atoms with Gasteiger partial charge in [0, 0.05) is 18.2 Å². The molecule has 1 aromatic heterocycles. The van der Waals surface area contributed by atoms with Gasteiger partial charge in [0.25, 0.3) is 12.3 Å². The van der Waals surface area contributed by atoms with Crippen LogP contribution < -0.4 is 4.90 Å². The van der Waals surface area contributed by atoms with Crippen molar-refractivity contribution in [2.45, 2.75) is 6.43 Å². The van der Waals surface area contributed by atoms with E-state index in [1.54, 1.807) is 31.3 Å². The number of nitrogens with one attached hydrogen (secondary N) is 1. The number of rotatable bonds is 4. The number of aromatic nitrogens is 2. The molecule has 0 spiro atoms. The zero-order valence-corrected chi connectivity index (χ0v) is 13.9. The van der Waals surface area contributed by atoms with E-state index in [1.807, 2.05) is 24.3 Å². The molecule has 2 aromatic carbocycles. The molecule has 4 nitrogen and oxygen atoms in total. The minimum absolute atomic E-state index is 0.153. The number of alkyl halides is 2. The summed E-state index contributed by atoms with van der Waals surface area (Å²) in [5.41, 5.74) is 2.34. The van der Waals surface area contributed by atoms with Gasteiger partial charge in [0.1, 0.15) is 5.69 Å². The first-order valence-corrected chi connectivity index (χ1v) is 7.78. The fourth-order valence-corrected chi connectivity index (χ4v) is 2.68. The molecule has 0 bridgehead atoms. The number of nitrogens with zero attached hydrogens (tertiary/aromatic N) is 2. The van der Waals surface area contributed by atoms with Crippen LogP contribution in [0.4, 0.5) is 14.5 Å². The first kappa shape index (κ1) is 17.4. The van der Waals surface area contributed by atoms with Crippen LogP contribution >= 0.6 is 0 Å². The molecular weight excluding hydrogens is 336 g/mol. The van der Waals surface area contributed by atoms with Crippen LogP contribution in [0.5, 0.6) is 0 Å². The maximum Gasteiger partial charge on any atom is 0.280 e. The van der Waals surface area contributed by atoms with Crippen LogP contribution in [-0.2, 0) is 0 Å². The standard InChI is InChI=1S/C20H15F2N3O/c1-3-13-8-10-14(11-9-13)15-6-4-5-7-17(15)25(2)20(26)16-12-23-24-18(16)19(21)22/h1,4-12,19H,2H3,(H,23,24). The Bertz CT molecular complexity index is 971. The van der Waals surface area contributed by atoms with Crippen molar-refractivity contribution in [2.24, 2.45) is 0 Å².